The van der Waals surface area contributed by atoms with Crippen molar-refractivity contribution in [1.29, 1.82) is 0 Å². The first-order valence-corrected chi connectivity index (χ1v) is 12.7. The van der Waals surface area contributed by atoms with Gasteiger partial charge in [0.05, 0.1) is 20.3 Å². The molecular weight excluding hydrogens is 472 g/mol. The Morgan fingerprint density at radius 3 is 2.59 bits per heavy atom. The van der Waals surface area contributed by atoms with Crippen LogP contribution in [0.3, 0.4) is 0 Å². The second-order valence-electron chi connectivity index (χ2n) is 8.20. The topological polar surface area (TPSA) is 69.5 Å². The first kappa shape index (κ1) is 24.4. The van der Waals surface area contributed by atoms with E-state index in [1.807, 2.05) is 36.4 Å². The molecule has 0 amide bonds. The van der Waals surface area contributed by atoms with Crippen LogP contribution in [0.4, 0.5) is 5.69 Å². The number of aryl methyl sites for hydroxylation is 1. The molecule has 2 heterocycles. The molecule has 2 aromatic carbocycles. The Morgan fingerprint density at radius 2 is 1.91 bits per heavy atom. The summed E-state index contributed by atoms with van der Waals surface area (Å²) < 4.78 is 12.3. The van der Waals surface area contributed by atoms with Crippen LogP contribution in [0.15, 0.2) is 47.5 Å². The number of methoxy groups -OCH3 is 1. The number of carbonyl (C=O) groups excluding carboxylic acids is 1. The molecule has 0 unspecified atom stereocenters. The summed E-state index contributed by atoms with van der Waals surface area (Å²) in [5, 5.41) is 10.3. The Morgan fingerprint density at radius 1 is 1.18 bits per heavy atom. The summed E-state index contributed by atoms with van der Waals surface area (Å²) in [5.74, 6) is 0.365. The quantitative estimate of drug-likeness (QED) is 0.392. The second kappa shape index (κ2) is 11.1. The van der Waals surface area contributed by atoms with Gasteiger partial charge in [0.15, 0.2) is 0 Å². The molecule has 1 saturated heterocycles. The molecule has 4 rings (SSSR count). The Kier molecular flexibility index (Phi) is 8.00. The average molecular weight is 501 g/mol. The van der Waals surface area contributed by atoms with Gasteiger partial charge in [0.25, 0.3) is 0 Å². The Labute approximate surface area is 209 Å². The number of esters is 1. The van der Waals surface area contributed by atoms with E-state index in [1.54, 1.807) is 30.5 Å². The largest absolute Gasteiger partial charge is 0.497 e. The fraction of sp³-hybridized carbons (Fsp3) is 0.400. The normalized spacial score (nSPS) is 14.3. The zero-order valence-corrected chi connectivity index (χ0v) is 21.2. The van der Waals surface area contributed by atoms with Crippen LogP contribution in [0, 0.1) is 6.92 Å². The number of halogens is 1. The third kappa shape index (κ3) is 5.67. The highest BCUT2D eigenvalue weighted by Gasteiger charge is 2.27. The summed E-state index contributed by atoms with van der Waals surface area (Å²) in [7, 11) is 1.64. The van der Waals surface area contributed by atoms with Gasteiger partial charge >= 0.3 is 5.97 Å². The second-order valence-corrected chi connectivity index (χ2v) is 9.93. The number of carbonyl (C=O) groups is 1. The minimum absolute atomic E-state index is 0.286. The van der Waals surface area contributed by atoms with Gasteiger partial charge in [-0.3, -0.25) is 0 Å². The molecule has 180 valence electrons. The number of hydrogen-bond acceptors (Lipinski definition) is 7. The smallest absolute Gasteiger partial charge is 0.361 e. The molecular formula is C25H29ClN4O3S. The van der Waals surface area contributed by atoms with E-state index in [0.29, 0.717) is 18.4 Å². The van der Waals surface area contributed by atoms with Crippen molar-refractivity contribution in [1.82, 2.24) is 15.0 Å². The Bertz CT molecular complexity index is 1130. The highest BCUT2D eigenvalue weighted by Crippen LogP contribution is 2.35. The molecule has 1 fully saturated rings. The maximum atomic E-state index is 12.6. The summed E-state index contributed by atoms with van der Waals surface area (Å²) >= 11 is 7.90. The van der Waals surface area contributed by atoms with Gasteiger partial charge in [0.1, 0.15) is 10.8 Å². The van der Waals surface area contributed by atoms with Crippen molar-refractivity contribution < 1.29 is 14.3 Å². The molecule has 1 aliphatic heterocycles. The summed E-state index contributed by atoms with van der Waals surface area (Å²) in [4.78, 5) is 15.0. The zero-order valence-electron chi connectivity index (χ0n) is 19.7. The van der Waals surface area contributed by atoms with Gasteiger partial charge in [-0.2, -0.15) is 0 Å². The molecule has 0 aliphatic carbocycles. The van der Waals surface area contributed by atoms with E-state index in [0.717, 1.165) is 47.3 Å². The van der Waals surface area contributed by atoms with Gasteiger partial charge in [-0.15, -0.1) is 16.9 Å². The summed E-state index contributed by atoms with van der Waals surface area (Å²) in [6.45, 7) is 6.56. The van der Waals surface area contributed by atoms with Crippen molar-refractivity contribution in [2.24, 2.45) is 0 Å². The van der Waals surface area contributed by atoms with Crippen LogP contribution in [0.1, 0.15) is 41.4 Å². The first-order valence-electron chi connectivity index (χ1n) is 11.4. The summed E-state index contributed by atoms with van der Waals surface area (Å²) in [6, 6.07) is 13.8. The van der Waals surface area contributed by atoms with Gasteiger partial charge in [-0.1, -0.05) is 35.0 Å². The number of rotatable bonds is 8. The fourth-order valence-electron chi connectivity index (χ4n) is 4.05. The lowest BCUT2D eigenvalue weighted by molar-refractivity contribution is 0.0515. The highest BCUT2D eigenvalue weighted by molar-refractivity contribution is 8.00. The molecule has 1 aliphatic rings. The lowest BCUT2D eigenvalue weighted by atomic mass is 10.1. The molecule has 0 atom stereocenters. The molecule has 0 saturated carbocycles. The summed E-state index contributed by atoms with van der Waals surface area (Å²) in [6.07, 6.45) is 1.96. The minimum atomic E-state index is -0.432. The van der Waals surface area contributed by atoms with Gasteiger partial charge < -0.3 is 14.4 Å². The van der Waals surface area contributed by atoms with Gasteiger partial charge in [-0.25, -0.2) is 9.48 Å². The fourth-order valence-corrected chi connectivity index (χ4v) is 5.44. The number of thioether (sulfide) groups is 1. The van der Waals surface area contributed by atoms with Crippen molar-refractivity contribution in [2.45, 2.75) is 43.5 Å². The summed E-state index contributed by atoms with van der Waals surface area (Å²) in [5.41, 5.74) is 3.75. The van der Waals surface area contributed by atoms with Crippen molar-refractivity contribution in [3.05, 3.63) is 64.3 Å². The lowest BCUT2D eigenvalue weighted by Crippen LogP contribution is -2.35. The van der Waals surface area contributed by atoms with Gasteiger partial charge in [0.2, 0.25) is 5.69 Å². The number of benzene rings is 2. The Balaban J connectivity index is 1.50. The monoisotopic (exact) mass is 500 g/mol. The number of nitrogens with zero attached hydrogens (tertiary/aromatic N) is 4. The lowest BCUT2D eigenvalue weighted by Gasteiger charge is -2.34. The van der Waals surface area contributed by atoms with Gasteiger partial charge in [0, 0.05) is 29.0 Å². The van der Waals surface area contributed by atoms with Crippen molar-refractivity contribution in [3.8, 4) is 5.75 Å². The molecule has 9 heteroatoms. The molecule has 34 heavy (non-hydrogen) atoms. The standard InChI is InChI=1S/C25H29ClN4O3S/c1-4-33-25(31)23-24(30(28-27-23)16-18-6-9-20(32-3)10-7-18)34-21-11-13-29(14-12-21)22-15-19(26)8-5-17(22)2/h5-10,15,21H,4,11-14,16H2,1-3H3. The number of aromatic nitrogens is 3. The molecule has 3 aromatic rings. The van der Waals surface area contributed by atoms with Crippen molar-refractivity contribution in [3.63, 3.8) is 0 Å². The molecule has 0 spiro atoms. The predicted molar refractivity (Wildman–Crippen MR) is 135 cm³/mol. The molecule has 7 nitrogen and oxygen atoms in total. The van der Waals surface area contributed by atoms with Crippen LogP contribution in [0.25, 0.3) is 0 Å². The zero-order chi connectivity index (χ0) is 24.1. The number of ether oxygens (including phenoxy) is 2. The van der Waals surface area contributed by atoms with Crippen molar-refractivity contribution in [2.75, 3.05) is 31.7 Å². The predicted octanol–water partition coefficient (Wildman–Crippen LogP) is 5.23. The van der Waals surface area contributed by atoms with Crippen molar-refractivity contribution >= 4 is 35.0 Å². The molecule has 0 radical (unpaired) electrons. The number of piperidine rings is 1. The van der Waals surface area contributed by atoms with E-state index in [1.165, 1.54) is 11.3 Å². The molecule has 0 N–H and O–H groups in total. The maximum absolute atomic E-state index is 12.6. The van der Waals surface area contributed by atoms with E-state index < -0.39 is 5.97 Å². The highest BCUT2D eigenvalue weighted by atomic mass is 35.5. The SMILES string of the molecule is CCOC(=O)c1nnn(Cc2ccc(OC)cc2)c1SC1CCN(c2cc(Cl)ccc2C)CC1. The van der Waals surface area contributed by atoms with Crippen LogP contribution < -0.4 is 9.64 Å². The van der Waals surface area contributed by atoms with E-state index in [2.05, 4.69) is 28.2 Å². The maximum Gasteiger partial charge on any atom is 0.361 e. The minimum Gasteiger partial charge on any atom is -0.497 e. The van der Waals surface area contributed by atoms with E-state index >= 15 is 0 Å². The van der Waals surface area contributed by atoms with Gasteiger partial charge in [-0.05, 0) is 62.1 Å². The van der Waals surface area contributed by atoms with E-state index in [4.69, 9.17) is 21.1 Å². The number of hydrogen-bond donors (Lipinski definition) is 0. The van der Waals surface area contributed by atoms with Crippen LogP contribution in [0.5, 0.6) is 5.75 Å². The van der Waals surface area contributed by atoms with Crippen LogP contribution >= 0.6 is 23.4 Å². The number of anilines is 1. The average Bonchev–Trinajstić information content (AvgIpc) is 3.24. The third-order valence-corrected chi connectivity index (χ3v) is 7.55. The van der Waals surface area contributed by atoms with Crippen LogP contribution in [-0.2, 0) is 11.3 Å². The molecule has 1 aromatic heterocycles. The van der Waals surface area contributed by atoms with Crippen LogP contribution in [-0.4, -0.2) is 53.0 Å². The van der Waals surface area contributed by atoms with E-state index in [-0.39, 0.29) is 5.69 Å². The first-order chi connectivity index (χ1) is 16.5. The van der Waals surface area contributed by atoms with E-state index in [9.17, 15) is 4.79 Å². The van der Waals surface area contributed by atoms with Crippen LogP contribution in [0.2, 0.25) is 5.02 Å². The third-order valence-electron chi connectivity index (χ3n) is 5.88. The molecule has 0 bridgehead atoms. The Hall–Kier alpha value is -2.71.